The van der Waals surface area contributed by atoms with Crippen LogP contribution in [0.15, 0.2) is 23.6 Å². The fourth-order valence-corrected chi connectivity index (χ4v) is 4.16. The molecule has 0 saturated heterocycles. The minimum atomic E-state index is -0.119. The molecule has 0 unspecified atom stereocenters. The lowest BCUT2D eigenvalue weighted by Gasteiger charge is -2.13. The molecule has 1 aliphatic carbocycles. The Labute approximate surface area is 143 Å². The molecule has 1 aromatic carbocycles. The maximum absolute atomic E-state index is 12.6. The highest BCUT2D eigenvalue weighted by atomic mass is 35.5. The van der Waals surface area contributed by atoms with Crippen molar-refractivity contribution >= 4 is 45.4 Å². The van der Waals surface area contributed by atoms with E-state index in [4.69, 9.17) is 28.9 Å². The first kappa shape index (κ1) is 15.7. The summed E-state index contributed by atoms with van der Waals surface area (Å²) in [7, 11) is 0. The van der Waals surface area contributed by atoms with Crippen molar-refractivity contribution in [1.29, 1.82) is 0 Å². The van der Waals surface area contributed by atoms with Crippen LogP contribution in [0.5, 0.6) is 0 Å². The van der Waals surface area contributed by atoms with Crippen LogP contribution >= 0.6 is 34.5 Å². The van der Waals surface area contributed by atoms with Crippen LogP contribution in [0.1, 0.15) is 36.0 Å². The van der Waals surface area contributed by atoms with Gasteiger partial charge in [0, 0.05) is 32.6 Å². The molecule has 116 valence electrons. The molecule has 0 bridgehead atoms. The fourth-order valence-electron chi connectivity index (χ4n) is 2.84. The Kier molecular flexibility index (Phi) is 4.62. The minimum Gasteiger partial charge on any atom is -0.390 e. The number of hydrogen-bond donors (Lipinski definition) is 2. The number of carbonyl (C=O) groups excluding carboxylic acids is 1. The number of thiophene rings is 1. The molecular weight excluding hydrogens is 339 g/mol. The van der Waals surface area contributed by atoms with Gasteiger partial charge in [-0.25, -0.2) is 0 Å². The van der Waals surface area contributed by atoms with Crippen LogP contribution < -0.4 is 11.1 Å². The summed E-state index contributed by atoms with van der Waals surface area (Å²) in [6.45, 7) is 0. The number of anilines is 1. The van der Waals surface area contributed by atoms with Gasteiger partial charge >= 0.3 is 0 Å². The monoisotopic (exact) mass is 354 g/mol. The SMILES string of the molecule is Nc1scc(-c2ccc(Cl)cc2Cl)c1C(=O)NC1CCCC1. The number of halogens is 2. The number of amides is 1. The van der Waals surface area contributed by atoms with E-state index in [9.17, 15) is 4.79 Å². The smallest absolute Gasteiger partial charge is 0.255 e. The number of hydrogen-bond acceptors (Lipinski definition) is 3. The normalized spacial score (nSPS) is 15.2. The molecule has 1 aliphatic rings. The lowest BCUT2D eigenvalue weighted by Crippen LogP contribution is -2.33. The summed E-state index contributed by atoms with van der Waals surface area (Å²) in [5.41, 5.74) is 8.07. The van der Waals surface area contributed by atoms with Crippen molar-refractivity contribution in [1.82, 2.24) is 5.32 Å². The van der Waals surface area contributed by atoms with Gasteiger partial charge in [0.2, 0.25) is 0 Å². The van der Waals surface area contributed by atoms with Crippen molar-refractivity contribution in [3.63, 3.8) is 0 Å². The summed E-state index contributed by atoms with van der Waals surface area (Å²) in [6.07, 6.45) is 4.40. The molecule has 1 amide bonds. The van der Waals surface area contributed by atoms with Crippen molar-refractivity contribution in [2.75, 3.05) is 5.73 Å². The Morgan fingerprint density at radius 3 is 2.64 bits per heavy atom. The Balaban J connectivity index is 1.94. The second-order valence-corrected chi connectivity index (χ2v) is 7.22. The molecule has 1 fully saturated rings. The molecular formula is C16H16Cl2N2OS. The van der Waals surface area contributed by atoms with E-state index in [0.717, 1.165) is 24.0 Å². The van der Waals surface area contributed by atoms with E-state index in [1.165, 1.54) is 24.2 Å². The van der Waals surface area contributed by atoms with Crippen LogP contribution in [0.25, 0.3) is 11.1 Å². The number of nitrogen functional groups attached to an aromatic ring is 1. The van der Waals surface area contributed by atoms with Crippen molar-refractivity contribution < 1.29 is 4.79 Å². The highest BCUT2D eigenvalue weighted by Crippen LogP contribution is 2.38. The second kappa shape index (κ2) is 6.49. The summed E-state index contributed by atoms with van der Waals surface area (Å²) in [5.74, 6) is -0.119. The zero-order valence-corrected chi connectivity index (χ0v) is 14.2. The fraction of sp³-hybridized carbons (Fsp3) is 0.312. The van der Waals surface area contributed by atoms with Gasteiger partial charge in [0.25, 0.3) is 5.91 Å². The van der Waals surface area contributed by atoms with Crippen LogP contribution in [-0.4, -0.2) is 11.9 Å². The lowest BCUT2D eigenvalue weighted by atomic mass is 10.0. The van der Waals surface area contributed by atoms with Gasteiger partial charge in [-0.3, -0.25) is 4.79 Å². The molecule has 0 spiro atoms. The molecule has 3 nitrogen and oxygen atoms in total. The number of carbonyl (C=O) groups is 1. The number of rotatable bonds is 3. The highest BCUT2D eigenvalue weighted by Gasteiger charge is 2.24. The molecule has 6 heteroatoms. The van der Waals surface area contributed by atoms with E-state index >= 15 is 0 Å². The maximum atomic E-state index is 12.6. The van der Waals surface area contributed by atoms with E-state index in [-0.39, 0.29) is 11.9 Å². The third kappa shape index (κ3) is 3.09. The summed E-state index contributed by atoms with van der Waals surface area (Å²) in [4.78, 5) is 12.6. The molecule has 1 saturated carbocycles. The first-order chi connectivity index (χ1) is 10.6. The predicted molar refractivity (Wildman–Crippen MR) is 93.9 cm³/mol. The van der Waals surface area contributed by atoms with Gasteiger partial charge in [-0.05, 0) is 25.0 Å². The van der Waals surface area contributed by atoms with Crippen LogP contribution in [0.2, 0.25) is 10.0 Å². The molecule has 3 N–H and O–H groups in total. The Morgan fingerprint density at radius 2 is 1.95 bits per heavy atom. The van der Waals surface area contributed by atoms with Crippen molar-refractivity contribution in [3.05, 3.63) is 39.2 Å². The number of benzene rings is 1. The van der Waals surface area contributed by atoms with Gasteiger partial charge in [0.1, 0.15) is 0 Å². The molecule has 0 atom stereocenters. The number of nitrogens with two attached hydrogens (primary N) is 1. The van der Waals surface area contributed by atoms with Gasteiger partial charge in [-0.1, -0.05) is 42.1 Å². The average molecular weight is 355 g/mol. The standard InChI is InChI=1S/C16H16Cl2N2OS/c17-9-5-6-11(13(18)7-9)12-8-22-15(19)14(12)16(21)20-10-3-1-2-4-10/h5-8,10H,1-4,19H2,(H,20,21). The van der Waals surface area contributed by atoms with E-state index in [2.05, 4.69) is 5.32 Å². The van der Waals surface area contributed by atoms with Crippen LogP contribution in [0.4, 0.5) is 5.00 Å². The molecule has 1 aromatic heterocycles. The Hall–Kier alpha value is -1.23. The lowest BCUT2D eigenvalue weighted by molar-refractivity contribution is 0.0940. The average Bonchev–Trinajstić information content (AvgIpc) is 3.08. The molecule has 1 heterocycles. The first-order valence-corrected chi connectivity index (χ1v) is 8.83. The Morgan fingerprint density at radius 1 is 1.23 bits per heavy atom. The summed E-state index contributed by atoms with van der Waals surface area (Å²) in [5, 5.41) is 6.54. The van der Waals surface area contributed by atoms with E-state index in [1.807, 2.05) is 11.4 Å². The van der Waals surface area contributed by atoms with E-state index in [0.29, 0.717) is 20.6 Å². The van der Waals surface area contributed by atoms with Gasteiger partial charge in [0.15, 0.2) is 0 Å². The largest absolute Gasteiger partial charge is 0.390 e. The Bertz CT molecular complexity index is 708. The predicted octanol–water partition coefficient (Wildman–Crippen LogP) is 4.98. The van der Waals surface area contributed by atoms with Crippen molar-refractivity contribution in [2.45, 2.75) is 31.7 Å². The van der Waals surface area contributed by atoms with Crippen LogP contribution in [-0.2, 0) is 0 Å². The second-order valence-electron chi connectivity index (χ2n) is 5.47. The highest BCUT2D eigenvalue weighted by molar-refractivity contribution is 7.15. The third-order valence-corrected chi connectivity index (χ3v) is 5.32. The van der Waals surface area contributed by atoms with Gasteiger partial charge < -0.3 is 11.1 Å². The zero-order valence-electron chi connectivity index (χ0n) is 11.9. The third-order valence-electron chi connectivity index (χ3n) is 3.96. The van der Waals surface area contributed by atoms with Crippen molar-refractivity contribution in [2.24, 2.45) is 0 Å². The quantitative estimate of drug-likeness (QED) is 0.816. The molecule has 22 heavy (non-hydrogen) atoms. The van der Waals surface area contributed by atoms with Crippen LogP contribution in [0.3, 0.4) is 0 Å². The molecule has 3 rings (SSSR count). The topological polar surface area (TPSA) is 55.1 Å². The van der Waals surface area contributed by atoms with E-state index < -0.39 is 0 Å². The molecule has 2 aromatic rings. The molecule has 0 radical (unpaired) electrons. The first-order valence-electron chi connectivity index (χ1n) is 7.19. The van der Waals surface area contributed by atoms with Crippen molar-refractivity contribution in [3.8, 4) is 11.1 Å². The summed E-state index contributed by atoms with van der Waals surface area (Å²) >= 11 is 13.6. The van der Waals surface area contributed by atoms with Gasteiger partial charge in [-0.15, -0.1) is 11.3 Å². The molecule has 0 aliphatic heterocycles. The zero-order chi connectivity index (χ0) is 15.7. The maximum Gasteiger partial charge on any atom is 0.255 e. The van der Waals surface area contributed by atoms with Gasteiger partial charge in [0.05, 0.1) is 10.6 Å². The summed E-state index contributed by atoms with van der Waals surface area (Å²) < 4.78 is 0. The van der Waals surface area contributed by atoms with Crippen LogP contribution in [0, 0.1) is 0 Å². The number of nitrogens with one attached hydrogen (secondary N) is 1. The van der Waals surface area contributed by atoms with Gasteiger partial charge in [-0.2, -0.15) is 0 Å². The summed E-state index contributed by atoms with van der Waals surface area (Å²) in [6, 6.07) is 5.50. The minimum absolute atomic E-state index is 0.119. The van der Waals surface area contributed by atoms with E-state index in [1.54, 1.807) is 12.1 Å².